The highest BCUT2D eigenvalue weighted by atomic mass is 16.6. The summed E-state index contributed by atoms with van der Waals surface area (Å²) in [5, 5.41) is 16.0. The second-order valence-electron chi connectivity index (χ2n) is 7.01. The van der Waals surface area contributed by atoms with Crippen LogP contribution in [0.1, 0.15) is 35.2 Å². The lowest BCUT2D eigenvalue weighted by molar-refractivity contribution is -0.149. The third-order valence-corrected chi connectivity index (χ3v) is 5.46. The Kier molecular flexibility index (Phi) is 4.13. The average Bonchev–Trinajstić information content (AvgIpc) is 3.21. The van der Waals surface area contributed by atoms with Crippen LogP contribution in [0.25, 0.3) is 10.9 Å². The number of amides is 1. The van der Waals surface area contributed by atoms with Gasteiger partial charge in [0, 0.05) is 18.0 Å². The molecule has 3 heterocycles. The summed E-state index contributed by atoms with van der Waals surface area (Å²) in [6.07, 6.45) is 3.53. The van der Waals surface area contributed by atoms with Gasteiger partial charge in [0.2, 0.25) is 0 Å². The van der Waals surface area contributed by atoms with Crippen LogP contribution in [0.2, 0.25) is 0 Å². The molecule has 2 aliphatic rings. The number of hydrogen-bond acceptors (Lipinski definition) is 5. The number of benzene rings is 1. The van der Waals surface area contributed by atoms with Crippen molar-refractivity contribution in [1.29, 1.82) is 5.26 Å². The van der Waals surface area contributed by atoms with Crippen molar-refractivity contribution in [2.75, 3.05) is 19.6 Å². The van der Waals surface area contributed by atoms with Crippen LogP contribution in [0.4, 0.5) is 0 Å². The van der Waals surface area contributed by atoms with Crippen LogP contribution >= 0.6 is 0 Å². The number of carbonyl (C=O) groups is 2. The first-order chi connectivity index (χ1) is 12.6. The van der Waals surface area contributed by atoms with Crippen molar-refractivity contribution >= 4 is 22.8 Å². The highest BCUT2D eigenvalue weighted by Crippen LogP contribution is 2.41. The van der Waals surface area contributed by atoms with E-state index in [1.54, 1.807) is 24.4 Å². The van der Waals surface area contributed by atoms with Crippen molar-refractivity contribution in [3.63, 3.8) is 0 Å². The lowest BCUT2D eigenvalue weighted by Crippen LogP contribution is -2.39. The molecule has 0 radical (unpaired) electrons. The number of rotatable bonds is 3. The molecule has 1 aromatic heterocycles. The van der Waals surface area contributed by atoms with E-state index in [9.17, 15) is 9.59 Å². The molecule has 0 aliphatic carbocycles. The van der Waals surface area contributed by atoms with Gasteiger partial charge in [-0.25, -0.2) is 0 Å². The molecule has 0 saturated carbocycles. The number of esters is 1. The van der Waals surface area contributed by atoms with Crippen molar-refractivity contribution in [2.45, 2.75) is 25.4 Å². The number of nitrogens with zero attached hydrogens (tertiary/aromatic N) is 1. The van der Waals surface area contributed by atoms with Crippen molar-refractivity contribution in [3.8, 4) is 6.07 Å². The van der Waals surface area contributed by atoms with E-state index in [2.05, 4.69) is 21.7 Å². The average molecular weight is 352 g/mol. The number of fused-ring (bicyclic) bond motifs is 1. The van der Waals surface area contributed by atoms with Crippen molar-refractivity contribution in [3.05, 3.63) is 35.5 Å². The molecule has 1 spiro atoms. The molecule has 2 fully saturated rings. The Hall–Kier alpha value is -2.85. The van der Waals surface area contributed by atoms with E-state index >= 15 is 0 Å². The summed E-state index contributed by atoms with van der Waals surface area (Å²) < 4.78 is 5.52. The molecular formula is C19H20N4O3. The third kappa shape index (κ3) is 2.72. The van der Waals surface area contributed by atoms with Gasteiger partial charge in [-0.1, -0.05) is 12.1 Å². The lowest BCUT2D eigenvalue weighted by atomic mass is 9.76. The third-order valence-electron chi connectivity index (χ3n) is 5.46. The van der Waals surface area contributed by atoms with Gasteiger partial charge in [0.25, 0.3) is 5.91 Å². The predicted molar refractivity (Wildman–Crippen MR) is 94.4 cm³/mol. The molecule has 1 atom stereocenters. The van der Waals surface area contributed by atoms with E-state index in [0.29, 0.717) is 29.6 Å². The number of carbonyl (C=O) groups excluding carboxylic acids is 2. The Labute approximate surface area is 150 Å². The van der Waals surface area contributed by atoms with Gasteiger partial charge < -0.3 is 20.4 Å². The Morgan fingerprint density at radius 2 is 2.19 bits per heavy atom. The van der Waals surface area contributed by atoms with Crippen LogP contribution in [0.3, 0.4) is 0 Å². The van der Waals surface area contributed by atoms with Crippen molar-refractivity contribution < 1.29 is 14.3 Å². The van der Waals surface area contributed by atoms with E-state index in [4.69, 9.17) is 10.00 Å². The van der Waals surface area contributed by atoms with Gasteiger partial charge in [-0.15, -0.1) is 0 Å². The number of cyclic esters (lactones) is 1. The van der Waals surface area contributed by atoms with Gasteiger partial charge in [-0.3, -0.25) is 9.59 Å². The molecule has 7 heteroatoms. The minimum Gasteiger partial charge on any atom is -0.460 e. The Morgan fingerprint density at radius 3 is 2.96 bits per heavy atom. The molecule has 1 unspecified atom stereocenters. The van der Waals surface area contributed by atoms with Crippen molar-refractivity contribution in [2.24, 2.45) is 5.41 Å². The number of aromatic nitrogens is 1. The molecule has 2 aliphatic heterocycles. The second-order valence-corrected chi connectivity index (χ2v) is 7.01. The van der Waals surface area contributed by atoms with Crippen LogP contribution in [-0.2, 0) is 9.53 Å². The van der Waals surface area contributed by atoms with Crippen molar-refractivity contribution in [1.82, 2.24) is 15.6 Å². The number of ether oxygens (including phenoxy) is 1. The number of H-pyrrole nitrogens is 1. The van der Waals surface area contributed by atoms with Crippen LogP contribution in [0.5, 0.6) is 0 Å². The normalized spacial score (nSPS) is 21.5. The number of hydrogen-bond donors (Lipinski definition) is 3. The lowest BCUT2D eigenvalue weighted by Gasteiger charge is -2.29. The fraction of sp³-hybridized carbons (Fsp3) is 0.421. The summed E-state index contributed by atoms with van der Waals surface area (Å²) in [6, 6.07) is 7.38. The monoisotopic (exact) mass is 352 g/mol. The van der Waals surface area contributed by atoms with E-state index < -0.39 is 0 Å². The van der Waals surface area contributed by atoms with Gasteiger partial charge in [0.15, 0.2) is 0 Å². The zero-order valence-corrected chi connectivity index (χ0v) is 14.3. The molecule has 26 heavy (non-hydrogen) atoms. The number of para-hydroxylation sites is 1. The molecule has 2 saturated heterocycles. The number of nitriles is 1. The zero-order valence-electron chi connectivity index (χ0n) is 14.3. The highest BCUT2D eigenvalue weighted by molar-refractivity contribution is 6.06. The molecule has 1 aromatic carbocycles. The van der Waals surface area contributed by atoms with Gasteiger partial charge in [-0.05, 0) is 32.0 Å². The minimum atomic E-state index is -0.387. The number of piperidine rings is 1. The standard InChI is InChI=1S/C19H20N4O3/c20-9-12-10-22-16-14(12)2-1-3-15(16)17(24)23-11-13-8-19(18(25)26-13)4-6-21-7-5-19/h1-3,10,13,21-22H,4-8,11H2,(H,23,24). The molecule has 1 amide bonds. The van der Waals surface area contributed by atoms with Gasteiger partial charge in [-0.2, -0.15) is 5.26 Å². The second kappa shape index (κ2) is 6.46. The summed E-state index contributed by atoms with van der Waals surface area (Å²) in [5.41, 5.74) is 1.24. The fourth-order valence-corrected chi connectivity index (χ4v) is 4.00. The molecule has 2 aromatic rings. The van der Waals surface area contributed by atoms with E-state index in [0.717, 1.165) is 31.3 Å². The Bertz CT molecular complexity index is 905. The summed E-state index contributed by atoms with van der Waals surface area (Å²) in [6.45, 7) is 1.94. The first kappa shape index (κ1) is 16.6. The SMILES string of the molecule is N#Cc1c[nH]c2c(C(=O)NCC3CC4(CCNCC4)C(=O)O3)cccc12. The quantitative estimate of drug-likeness (QED) is 0.725. The first-order valence-electron chi connectivity index (χ1n) is 8.83. The van der Waals surface area contributed by atoms with Gasteiger partial charge in [0.05, 0.1) is 28.6 Å². The highest BCUT2D eigenvalue weighted by Gasteiger charge is 2.49. The molecule has 134 valence electrons. The maximum Gasteiger partial charge on any atom is 0.312 e. The van der Waals surface area contributed by atoms with Crippen LogP contribution in [-0.4, -0.2) is 42.6 Å². The van der Waals surface area contributed by atoms with E-state index in [1.165, 1.54) is 0 Å². The maximum absolute atomic E-state index is 12.6. The topological polar surface area (TPSA) is 107 Å². The van der Waals surface area contributed by atoms with Gasteiger partial charge in [0.1, 0.15) is 12.2 Å². The molecule has 4 rings (SSSR count). The Balaban J connectivity index is 1.44. The fourth-order valence-electron chi connectivity index (χ4n) is 4.00. The number of aromatic amines is 1. The van der Waals surface area contributed by atoms with Gasteiger partial charge >= 0.3 is 5.97 Å². The Morgan fingerprint density at radius 1 is 1.38 bits per heavy atom. The summed E-state index contributed by atoms with van der Waals surface area (Å²) in [4.78, 5) is 27.9. The van der Waals surface area contributed by atoms with E-state index in [-0.39, 0.29) is 23.4 Å². The zero-order chi connectivity index (χ0) is 18.1. The molecular weight excluding hydrogens is 332 g/mol. The van der Waals surface area contributed by atoms with E-state index in [1.807, 2.05) is 0 Å². The molecule has 7 nitrogen and oxygen atoms in total. The predicted octanol–water partition coefficient (Wildman–Crippen LogP) is 1.45. The van der Waals surface area contributed by atoms with Crippen LogP contribution in [0, 0.1) is 16.7 Å². The summed E-state index contributed by atoms with van der Waals surface area (Å²) in [5.74, 6) is -0.382. The first-order valence-corrected chi connectivity index (χ1v) is 8.83. The molecule has 0 bridgehead atoms. The van der Waals surface area contributed by atoms with Crippen LogP contribution in [0.15, 0.2) is 24.4 Å². The summed E-state index contributed by atoms with van der Waals surface area (Å²) >= 11 is 0. The minimum absolute atomic E-state index is 0.136. The smallest absolute Gasteiger partial charge is 0.312 e. The summed E-state index contributed by atoms with van der Waals surface area (Å²) in [7, 11) is 0. The largest absolute Gasteiger partial charge is 0.460 e. The maximum atomic E-state index is 12.6. The van der Waals surface area contributed by atoms with Crippen LogP contribution < -0.4 is 10.6 Å². The molecule has 3 N–H and O–H groups in total. The number of nitrogens with one attached hydrogen (secondary N) is 3.